The van der Waals surface area contributed by atoms with Crippen LogP contribution < -0.4 is 5.73 Å². The number of hydrogen-bond acceptors (Lipinski definition) is 4. The van der Waals surface area contributed by atoms with E-state index in [0.29, 0.717) is 0 Å². The molecule has 2 rings (SSSR count). The topological polar surface area (TPSA) is 69.6 Å². The van der Waals surface area contributed by atoms with Gasteiger partial charge in [0, 0.05) is 0 Å². The molecule has 2 aromatic rings. The van der Waals surface area contributed by atoms with Gasteiger partial charge in [-0.2, -0.15) is 13.2 Å². The van der Waals surface area contributed by atoms with Gasteiger partial charge in [-0.15, -0.1) is 0 Å². The van der Waals surface area contributed by atoms with E-state index in [1.165, 1.54) is 0 Å². The Morgan fingerprint density at radius 2 is 2.11 bits per heavy atom. The van der Waals surface area contributed by atoms with Crippen LogP contribution in [-0.2, 0) is 10.9 Å². The van der Waals surface area contributed by atoms with Crippen LogP contribution in [0.25, 0.3) is 5.65 Å². The van der Waals surface area contributed by atoms with E-state index >= 15 is 0 Å². The summed E-state index contributed by atoms with van der Waals surface area (Å²) in [6.07, 6.45) is -4.64. The van der Waals surface area contributed by atoms with Crippen LogP contribution >= 0.6 is 11.6 Å². The first-order chi connectivity index (χ1) is 8.77. The molecular weight excluding hydrogens is 287 g/mol. The Bertz CT molecular complexity index is 666. The zero-order valence-electron chi connectivity index (χ0n) is 9.45. The van der Waals surface area contributed by atoms with E-state index in [1.54, 1.807) is 0 Å². The second-order valence-electron chi connectivity index (χ2n) is 3.57. The molecule has 0 amide bonds. The van der Waals surface area contributed by atoms with Gasteiger partial charge in [-0.25, -0.2) is 9.78 Å². The van der Waals surface area contributed by atoms with Crippen molar-refractivity contribution in [1.82, 2.24) is 9.38 Å². The van der Waals surface area contributed by atoms with Crippen LogP contribution in [0.2, 0.25) is 5.15 Å². The summed E-state index contributed by atoms with van der Waals surface area (Å²) in [5.41, 5.74) is 3.53. The number of halogens is 4. The van der Waals surface area contributed by atoms with Crippen LogP contribution in [0.4, 0.5) is 19.0 Å². The van der Waals surface area contributed by atoms with Crippen LogP contribution in [-0.4, -0.2) is 22.5 Å². The maximum atomic E-state index is 12.8. The molecule has 0 spiro atoms. The molecule has 0 saturated heterocycles. The quantitative estimate of drug-likeness (QED) is 0.820. The van der Waals surface area contributed by atoms with Crippen LogP contribution in [0.1, 0.15) is 16.1 Å². The fourth-order valence-electron chi connectivity index (χ4n) is 1.58. The molecule has 102 valence electrons. The third-order valence-corrected chi connectivity index (χ3v) is 2.77. The highest BCUT2D eigenvalue weighted by molar-refractivity contribution is 6.32. The number of imidazole rings is 1. The van der Waals surface area contributed by atoms with E-state index in [2.05, 4.69) is 9.72 Å². The zero-order chi connectivity index (χ0) is 14.4. The fourth-order valence-corrected chi connectivity index (χ4v) is 1.88. The van der Waals surface area contributed by atoms with E-state index in [-0.39, 0.29) is 11.0 Å². The largest absolute Gasteiger partial charge is 0.464 e. The number of pyridine rings is 1. The van der Waals surface area contributed by atoms with Crippen molar-refractivity contribution in [3.63, 3.8) is 0 Å². The molecule has 19 heavy (non-hydrogen) atoms. The smallest absolute Gasteiger partial charge is 0.419 e. The summed E-state index contributed by atoms with van der Waals surface area (Å²) in [6.45, 7) is 0. The van der Waals surface area contributed by atoms with E-state index in [0.717, 1.165) is 23.6 Å². The van der Waals surface area contributed by atoms with Crippen LogP contribution in [0.3, 0.4) is 0 Å². The number of aromatic nitrogens is 2. The van der Waals surface area contributed by atoms with E-state index in [9.17, 15) is 18.0 Å². The summed E-state index contributed by atoms with van der Waals surface area (Å²) < 4.78 is 43.7. The van der Waals surface area contributed by atoms with Crippen molar-refractivity contribution < 1.29 is 22.7 Å². The van der Waals surface area contributed by atoms with Crippen molar-refractivity contribution in [1.29, 1.82) is 0 Å². The average molecular weight is 294 g/mol. The number of nitrogen functional groups attached to an aromatic ring is 1. The highest BCUT2D eigenvalue weighted by Crippen LogP contribution is 2.35. The number of carbonyl (C=O) groups is 1. The van der Waals surface area contributed by atoms with Crippen LogP contribution in [0.5, 0.6) is 0 Å². The van der Waals surface area contributed by atoms with E-state index in [1.807, 2.05) is 0 Å². The molecule has 0 aliphatic carbocycles. The summed E-state index contributed by atoms with van der Waals surface area (Å²) in [6, 6.07) is 1.81. The second kappa shape index (κ2) is 4.30. The lowest BCUT2D eigenvalue weighted by Crippen LogP contribution is -2.09. The van der Waals surface area contributed by atoms with Gasteiger partial charge in [0.05, 0.1) is 12.7 Å². The highest BCUT2D eigenvalue weighted by Gasteiger charge is 2.35. The molecule has 0 aliphatic heterocycles. The molecule has 0 radical (unpaired) electrons. The lowest BCUT2D eigenvalue weighted by atomic mass is 10.2. The molecular formula is C10H7ClF3N3O2. The van der Waals surface area contributed by atoms with Gasteiger partial charge in [-0.1, -0.05) is 11.6 Å². The molecule has 5 nitrogen and oxygen atoms in total. The number of ether oxygens (including phenoxy) is 1. The Morgan fingerprint density at radius 1 is 1.47 bits per heavy atom. The Balaban J connectivity index is 2.85. The zero-order valence-corrected chi connectivity index (χ0v) is 10.2. The number of hydrogen-bond donors (Lipinski definition) is 1. The van der Waals surface area contributed by atoms with E-state index < -0.39 is 29.1 Å². The van der Waals surface area contributed by atoms with E-state index in [4.69, 9.17) is 17.3 Å². The van der Waals surface area contributed by atoms with Gasteiger partial charge in [0.15, 0.2) is 11.3 Å². The molecule has 0 bridgehead atoms. The highest BCUT2D eigenvalue weighted by atomic mass is 35.5. The predicted octanol–water partition coefficient (Wildman–Crippen LogP) is 2.38. The number of methoxy groups -OCH3 is 1. The molecule has 0 fully saturated rings. The number of rotatable bonds is 1. The first-order valence-electron chi connectivity index (χ1n) is 4.89. The number of alkyl halides is 3. The first-order valence-corrected chi connectivity index (χ1v) is 5.27. The Labute approximate surface area is 109 Å². The molecule has 0 aromatic carbocycles. The lowest BCUT2D eigenvalue weighted by Gasteiger charge is -2.09. The van der Waals surface area contributed by atoms with Gasteiger partial charge in [0.25, 0.3) is 0 Å². The first kappa shape index (κ1) is 13.5. The predicted molar refractivity (Wildman–Crippen MR) is 61.0 cm³/mol. The fraction of sp³-hybridized carbons (Fsp3) is 0.200. The van der Waals surface area contributed by atoms with Gasteiger partial charge in [0.1, 0.15) is 11.0 Å². The summed E-state index contributed by atoms with van der Waals surface area (Å²) in [4.78, 5) is 14.9. The van der Waals surface area contributed by atoms with Crippen molar-refractivity contribution in [3.05, 3.63) is 28.5 Å². The standard InChI is InChI=1S/C10H7ClF3N3O2/c1-19-9(18)6-7(11)17-5(15)3-2-4(8(17)16-6)10(12,13)14/h2-3H,15H2,1H3. The monoisotopic (exact) mass is 293 g/mol. The van der Waals surface area contributed by atoms with Crippen molar-refractivity contribution >= 4 is 29.0 Å². The third kappa shape index (κ3) is 2.07. The number of fused-ring (bicyclic) bond motifs is 1. The molecule has 9 heteroatoms. The Kier molecular flexibility index (Phi) is 3.05. The van der Waals surface area contributed by atoms with Gasteiger partial charge in [-0.05, 0) is 12.1 Å². The van der Waals surface area contributed by atoms with Crippen molar-refractivity contribution in [3.8, 4) is 0 Å². The SMILES string of the molecule is COC(=O)c1nc2c(C(F)(F)F)ccc(N)n2c1Cl. The Hall–Kier alpha value is -1.96. The summed E-state index contributed by atoms with van der Waals surface area (Å²) >= 11 is 5.81. The summed E-state index contributed by atoms with van der Waals surface area (Å²) in [7, 11) is 1.07. The minimum atomic E-state index is -4.64. The Morgan fingerprint density at radius 3 is 2.63 bits per heavy atom. The maximum Gasteiger partial charge on any atom is 0.419 e. The number of esters is 1. The number of anilines is 1. The summed E-state index contributed by atoms with van der Waals surface area (Å²) in [5.74, 6) is -1.02. The molecule has 0 atom stereocenters. The van der Waals surface area contributed by atoms with Gasteiger partial charge < -0.3 is 10.5 Å². The summed E-state index contributed by atoms with van der Waals surface area (Å²) in [5, 5.41) is -0.328. The number of nitrogens with zero attached hydrogens (tertiary/aromatic N) is 2. The lowest BCUT2D eigenvalue weighted by molar-refractivity contribution is -0.136. The molecule has 0 saturated carbocycles. The van der Waals surface area contributed by atoms with Crippen LogP contribution in [0.15, 0.2) is 12.1 Å². The molecule has 2 heterocycles. The second-order valence-corrected chi connectivity index (χ2v) is 3.93. The maximum absolute atomic E-state index is 12.8. The molecule has 0 aliphatic rings. The van der Waals surface area contributed by atoms with Gasteiger partial charge in [-0.3, -0.25) is 4.40 Å². The van der Waals surface area contributed by atoms with Gasteiger partial charge in [0.2, 0.25) is 0 Å². The number of nitrogens with two attached hydrogens (primary N) is 1. The minimum Gasteiger partial charge on any atom is -0.464 e. The molecule has 2 N–H and O–H groups in total. The minimum absolute atomic E-state index is 0.0735. The van der Waals surface area contributed by atoms with Crippen molar-refractivity contribution in [2.45, 2.75) is 6.18 Å². The van der Waals surface area contributed by atoms with Crippen molar-refractivity contribution in [2.24, 2.45) is 0 Å². The van der Waals surface area contributed by atoms with Crippen LogP contribution in [0, 0.1) is 0 Å². The van der Waals surface area contributed by atoms with Crippen molar-refractivity contribution in [2.75, 3.05) is 12.8 Å². The molecule has 2 aromatic heterocycles. The number of carbonyl (C=O) groups excluding carboxylic acids is 1. The van der Waals surface area contributed by atoms with Gasteiger partial charge >= 0.3 is 12.1 Å². The third-order valence-electron chi connectivity index (χ3n) is 2.43. The normalized spacial score (nSPS) is 11.8. The molecule has 0 unspecified atom stereocenters. The average Bonchev–Trinajstić information content (AvgIpc) is 2.66.